The van der Waals surface area contributed by atoms with E-state index in [2.05, 4.69) is 15.2 Å². The molecule has 0 radical (unpaired) electrons. The Hall–Kier alpha value is -1.62. The average molecular weight is 248 g/mol. The van der Waals surface area contributed by atoms with Crippen molar-refractivity contribution < 1.29 is 4.79 Å². The Labute approximate surface area is 107 Å². The number of anilines is 1. The summed E-state index contributed by atoms with van der Waals surface area (Å²) in [5.74, 6) is 0.116. The van der Waals surface area contributed by atoms with Crippen LogP contribution in [-0.4, -0.2) is 35.9 Å². The van der Waals surface area contributed by atoms with Crippen molar-refractivity contribution in [3.05, 3.63) is 24.0 Å². The topological polar surface area (TPSA) is 71.2 Å². The zero-order valence-electron chi connectivity index (χ0n) is 10.9. The Morgan fingerprint density at radius 1 is 1.67 bits per heavy atom. The summed E-state index contributed by atoms with van der Waals surface area (Å²) in [6, 6.07) is 3.66. The quantitative estimate of drug-likeness (QED) is 0.822. The molecule has 1 unspecified atom stereocenters. The summed E-state index contributed by atoms with van der Waals surface area (Å²) >= 11 is 0. The molecule has 2 rings (SSSR count). The van der Waals surface area contributed by atoms with Gasteiger partial charge in [0.05, 0.1) is 11.1 Å². The van der Waals surface area contributed by atoms with Gasteiger partial charge in [0.25, 0.3) is 0 Å². The Kier molecular flexibility index (Phi) is 3.52. The van der Waals surface area contributed by atoms with E-state index in [9.17, 15) is 4.79 Å². The second-order valence-electron chi connectivity index (χ2n) is 5.18. The molecule has 0 bridgehead atoms. The highest BCUT2D eigenvalue weighted by atomic mass is 16.2. The molecule has 1 aromatic rings. The monoisotopic (exact) mass is 248 g/mol. The molecule has 18 heavy (non-hydrogen) atoms. The Balaban J connectivity index is 2.00. The van der Waals surface area contributed by atoms with E-state index in [-0.39, 0.29) is 11.3 Å². The zero-order chi connectivity index (χ0) is 13.2. The number of nitrogens with two attached hydrogens (primary N) is 1. The fourth-order valence-electron chi connectivity index (χ4n) is 2.49. The van der Waals surface area contributed by atoms with Gasteiger partial charge in [-0.2, -0.15) is 0 Å². The molecule has 0 aromatic carbocycles. The molecule has 1 amide bonds. The van der Waals surface area contributed by atoms with E-state index in [1.807, 2.05) is 13.0 Å². The minimum atomic E-state index is -0.283. The van der Waals surface area contributed by atoms with Crippen molar-refractivity contribution in [3.8, 4) is 0 Å². The molecule has 1 aliphatic rings. The first-order valence-corrected chi connectivity index (χ1v) is 6.18. The van der Waals surface area contributed by atoms with Crippen LogP contribution in [0.3, 0.4) is 0 Å². The number of amides is 1. The smallest absolute Gasteiger partial charge is 0.227 e. The summed E-state index contributed by atoms with van der Waals surface area (Å²) in [5, 5.41) is 2.74. The van der Waals surface area contributed by atoms with Crippen molar-refractivity contribution in [2.75, 3.05) is 25.9 Å². The van der Waals surface area contributed by atoms with E-state index >= 15 is 0 Å². The molecule has 5 heteroatoms. The normalized spacial score (nSPS) is 24.1. The molecule has 1 aromatic heterocycles. The molecular weight excluding hydrogens is 228 g/mol. The van der Waals surface area contributed by atoms with Crippen LogP contribution in [0.4, 0.5) is 5.69 Å². The van der Waals surface area contributed by atoms with Crippen molar-refractivity contribution in [1.29, 1.82) is 0 Å². The highest BCUT2D eigenvalue weighted by Crippen LogP contribution is 2.30. The number of nitrogens with zero attached hydrogens (tertiary/aromatic N) is 2. The number of rotatable bonds is 3. The molecule has 0 aliphatic carbocycles. The van der Waals surface area contributed by atoms with Crippen molar-refractivity contribution in [2.45, 2.75) is 19.9 Å². The first kappa shape index (κ1) is 12.8. The molecule has 1 aliphatic heterocycles. The third-order valence-corrected chi connectivity index (χ3v) is 3.55. The van der Waals surface area contributed by atoms with Gasteiger partial charge >= 0.3 is 0 Å². The standard InChI is InChI=1S/C13H20N4O/c1-13(12(18)15-2)4-6-17(9-13)8-11-7-10(14)3-5-16-11/h3,5,7H,4,6,8-9H2,1-2H3,(H2,14,16)(H,15,18). The number of hydrogen-bond acceptors (Lipinski definition) is 4. The van der Waals surface area contributed by atoms with Gasteiger partial charge in [-0.15, -0.1) is 0 Å². The maximum atomic E-state index is 11.8. The fourth-order valence-corrected chi connectivity index (χ4v) is 2.49. The van der Waals surface area contributed by atoms with Crippen molar-refractivity contribution >= 4 is 11.6 Å². The highest BCUT2D eigenvalue weighted by Gasteiger charge is 2.39. The van der Waals surface area contributed by atoms with Gasteiger partial charge < -0.3 is 11.1 Å². The summed E-state index contributed by atoms with van der Waals surface area (Å²) in [7, 11) is 1.69. The minimum absolute atomic E-state index is 0.116. The maximum absolute atomic E-state index is 11.8. The maximum Gasteiger partial charge on any atom is 0.227 e. The van der Waals surface area contributed by atoms with Crippen LogP contribution in [0, 0.1) is 5.41 Å². The van der Waals surface area contributed by atoms with E-state index < -0.39 is 0 Å². The predicted molar refractivity (Wildman–Crippen MR) is 70.7 cm³/mol. The molecule has 1 saturated heterocycles. The SMILES string of the molecule is CNC(=O)C1(C)CCN(Cc2cc(N)ccn2)C1. The van der Waals surface area contributed by atoms with Gasteiger partial charge in [-0.05, 0) is 32.0 Å². The molecular formula is C13H20N4O. The second kappa shape index (κ2) is 4.94. The number of hydrogen-bond donors (Lipinski definition) is 2. The lowest BCUT2D eigenvalue weighted by atomic mass is 9.89. The highest BCUT2D eigenvalue weighted by molar-refractivity contribution is 5.82. The lowest BCUT2D eigenvalue weighted by Gasteiger charge is -2.22. The largest absolute Gasteiger partial charge is 0.399 e. The van der Waals surface area contributed by atoms with Gasteiger partial charge in [-0.1, -0.05) is 0 Å². The first-order chi connectivity index (χ1) is 8.53. The van der Waals surface area contributed by atoms with Crippen molar-refractivity contribution in [2.24, 2.45) is 5.41 Å². The van der Waals surface area contributed by atoms with Crippen LogP contribution < -0.4 is 11.1 Å². The van der Waals surface area contributed by atoms with Crippen LogP contribution in [-0.2, 0) is 11.3 Å². The lowest BCUT2D eigenvalue weighted by Crippen LogP contribution is -2.39. The number of nitrogens with one attached hydrogen (secondary N) is 1. The van der Waals surface area contributed by atoms with Crippen molar-refractivity contribution in [3.63, 3.8) is 0 Å². The zero-order valence-corrected chi connectivity index (χ0v) is 10.9. The summed E-state index contributed by atoms with van der Waals surface area (Å²) in [4.78, 5) is 18.4. The Morgan fingerprint density at radius 2 is 2.44 bits per heavy atom. The van der Waals surface area contributed by atoms with Crippen LogP contribution >= 0.6 is 0 Å². The second-order valence-corrected chi connectivity index (χ2v) is 5.18. The molecule has 98 valence electrons. The summed E-state index contributed by atoms with van der Waals surface area (Å²) in [6.07, 6.45) is 2.60. The predicted octanol–water partition coefficient (Wildman–Crippen LogP) is 0.622. The molecule has 0 spiro atoms. The first-order valence-electron chi connectivity index (χ1n) is 6.18. The fraction of sp³-hybridized carbons (Fsp3) is 0.538. The van der Waals surface area contributed by atoms with Crippen LogP contribution in [0.2, 0.25) is 0 Å². The van der Waals surface area contributed by atoms with E-state index in [0.29, 0.717) is 0 Å². The van der Waals surface area contributed by atoms with Crippen LogP contribution in [0.1, 0.15) is 19.0 Å². The number of likely N-dealkylation sites (tertiary alicyclic amines) is 1. The van der Waals surface area contributed by atoms with Crippen LogP contribution in [0.15, 0.2) is 18.3 Å². The number of nitrogen functional groups attached to an aromatic ring is 1. The number of pyridine rings is 1. The van der Waals surface area contributed by atoms with Gasteiger partial charge in [0.2, 0.25) is 5.91 Å². The summed E-state index contributed by atoms with van der Waals surface area (Å²) in [5.41, 5.74) is 7.14. The third kappa shape index (κ3) is 2.61. The van der Waals surface area contributed by atoms with E-state index in [4.69, 9.17) is 5.73 Å². The van der Waals surface area contributed by atoms with Crippen LogP contribution in [0.25, 0.3) is 0 Å². The third-order valence-electron chi connectivity index (χ3n) is 3.55. The van der Waals surface area contributed by atoms with E-state index in [0.717, 1.165) is 37.4 Å². The Morgan fingerprint density at radius 3 is 3.11 bits per heavy atom. The van der Waals surface area contributed by atoms with Crippen LogP contribution in [0.5, 0.6) is 0 Å². The minimum Gasteiger partial charge on any atom is -0.399 e. The summed E-state index contributed by atoms with van der Waals surface area (Å²) in [6.45, 7) is 4.44. The molecule has 5 nitrogen and oxygen atoms in total. The van der Waals surface area contributed by atoms with E-state index in [1.165, 1.54) is 0 Å². The Bertz CT molecular complexity index is 448. The molecule has 2 heterocycles. The number of carbonyl (C=O) groups is 1. The van der Waals surface area contributed by atoms with Gasteiger partial charge in [-0.25, -0.2) is 0 Å². The summed E-state index contributed by atoms with van der Waals surface area (Å²) < 4.78 is 0. The molecule has 1 atom stereocenters. The van der Waals surface area contributed by atoms with Gasteiger partial charge in [0.1, 0.15) is 0 Å². The lowest BCUT2D eigenvalue weighted by molar-refractivity contribution is -0.129. The van der Waals surface area contributed by atoms with Gasteiger partial charge in [0.15, 0.2) is 0 Å². The van der Waals surface area contributed by atoms with Gasteiger partial charge in [-0.3, -0.25) is 14.7 Å². The van der Waals surface area contributed by atoms with Gasteiger partial charge in [0, 0.05) is 32.0 Å². The number of carbonyl (C=O) groups excluding carboxylic acids is 1. The molecule has 3 N–H and O–H groups in total. The average Bonchev–Trinajstić information content (AvgIpc) is 2.71. The van der Waals surface area contributed by atoms with Crippen molar-refractivity contribution in [1.82, 2.24) is 15.2 Å². The van der Waals surface area contributed by atoms with E-state index in [1.54, 1.807) is 19.3 Å². The number of aromatic nitrogens is 1. The molecule has 1 fully saturated rings. The molecule has 0 saturated carbocycles.